The molecule has 3 aromatic rings. The smallest absolute Gasteiger partial charge is 0.338 e. The van der Waals surface area contributed by atoms with Crippen molar-refractivity contribution >= 4 is 23.1 Å². The molecular weight excluding hydrogens is 318 g/mol. The molecular formula is C18H19N5O2. The molecule has 2 aromatic heterocycles. The largest absolute Gasteiger partial charge is 0.456 e. The predicted molar refractivity (Wildman–Crippen MR) is 94.1 cm³/mol. The number of rotatable bonds is 4. The quantitative estimate of drug-likeness (QED) is 0.732. The van der Waals surface area contributed by atoms with Crippen molar-refractivity contribution in [3.63, 3.8) is 0 Å². The topological polar surface area (TPSA) is 89.9 Å². The summed E-state index contributed by atoms with van der Waals surface area (Å²) < 4.78 is 5.35. The van der Waals surface area contributed by atoms with E-state index in [1.165, 1.54) is 0 Å². The number of benzene rings is 1. The molecule has 25 heavy (non-hydrogen) atoms. The number of aromatic nitrogens is 4. The molecule has 0 amide bonds. The molecule has 128 valence electrons. The molecule has 7 heteroatoms. The van der Waals surface area contributed by atoms with Crippen molar-refractivity contribution in [3.8, 4) is 0 Å². The highest BCUT2D eigenvalue weighted by atomic mass is 16.6. The van der Waals surface area contributed by atoms with Gasteiger partial charge in [-0.1, -0.05) is 12.1 Å². The van der Waals surface area contributed by atoms with Gasteiger partial charge in [-0.25, -0.2) is 19.7 Å². The first kappa shape index (κ1) is 16.8. The summed E-state index contributed by atoms with van der Waals surface area (Å²) in [4.78, 5) is 28.8. The summed E-state index contributed by atoms with van der Waals surface area (Å²) in [5, 5.41) is 3.13. The second-order valence-corrected chi connectivity index (χ2v) is 6.51. The number of esters is 1. The second-order valence-electron chi connectivity index (χ2n) is 6.51. The van der Waals surface area contributed by atoms with E-state index in [2.05, 4.69) is 25.3 Å². The van der Waals surface area contributed by atoms with Gasteiger partial charge in [0.2, 0.25) is 5.95 Å². The minimum absolute atomic E-state index is 0.330. The zero-order valence-electron chi connectivity index (χ0n) is 14.4. The van der Waals surface area contributed by atoms with Crippen LogP contribution in [0.25, 0.3) is 11.2 Å². The molecule has 7 nitrogen and oxygen atoms in total. The van der Waals surface area contributed by atoms with Crippen molar-refractivity contribution in [2.24, 2.45) is 0 Å². The molecule has 0 saturated carbocycles. The van der Waals surface area contributed by atoms with E-state index in [0.717, 1.165) is 5.56 Å². The first-order valence-electron chi connectivity index (χ1n) is 7.91. The van der Waals surface area contributed by atoms with Gasteiger partial charge in [-0.15, -0.1) is 0 Å². The molecule has 0 aliphatic rings. The highest BCUT2D eigenvalue weighted by Crippen LogP contribution is 2.14. The van der Waals surface area contributed by atoms with Crippen LogP contribution < -0.4 is 5.32 Å². The average molecular weight is 337 g/mol. The van der Waals surface area contributed by atoms with E-state index in [9.17, 15) is 4.79 Å². The molecule has 0 atom stereocenters. The van der Waals surface area contributed by atoms with Gasteiger partial charge in [-0.2, -0.15) is 4.98 Å². The average Bonchev–Trinajstić information content (AvgIpc) is 2.59. The number of fused-ring (bicyclic) bond motifs is 1. The first-order chi connectivity index (χ1) is 11.9. The summed E-state index contributed by atoms with van der Waals surface area (Å²) in [6.07, 6.45) is 4.82. The van der Waals surface area contributed by atoms with E-state index in [0.29, 0.717) is 29.2 Å². The minimum Gasteiger partial charge on any atom is -0.456 e. The van der Waals surface area contributed by atoms with Gasteiger partial charge >= 0.3 is 5.97 Å². The number of anilines is 1. The summed E-state index contributed by atoms with van der Waals surface area (Å²) in [5.41, 5.74) is 2.20. The molecule has 0 unspecified atom stereocenters. The second kappa shape index (κ2) is 6.80. The standard InChI is InChI=1S/C18H19N5O2/c1-18(2,3)25-16(24)13-6-4-12(5-7-13)10-21-17-22-11-14-15(23-17)20-9-8-19-14/h4-9,11H,10H2,1-3H3,(H,20,21,22,23). The van der Waals surface area contributed by atoms with E-state index in [1.807, 2.05) is 32.9 Å². The zero-order chi connectivity index (χ0) is 17.9. The number of nitrogens with zero attached hydrogens (tertiary/aromatic N) is 4. The lowest BCUT2D eigenvalue weighted by Crippen LogP contribution is -2.23. The fourth-order valence-corrected chi connectivity index (χ4v) is 2.13. The Morgan fingerprint density at radius 3 is 2.52 bits per heavy atom. The lowest BCUT2D eigenvalue weighted by Gasteiger charge is -2.19. The number of hydrogen-bond acceptors (Lipinski definition) is 7. The molecule has 0 radical (unpaired) electrons. The van der Waals surface area contributed by atoms with E-state index >= 15 is 0 Å². The molecule has 0 bridgehead atoms. The summed E-state index contributed by atoms with van der Waals surface area (Å²) in [5.74, 6) is 0.146. The van der Waals surface area contributed by atoms with Gasteiger partial charge in [0.05, 0.1) is 11.8 Å². The van der Waals surface area contributed by atoms with Crippen molar-refractivity contribution in [2.45, 2.75) is 32.9 Å². The van der Waals surface area contributed by atoms with Gasteiger partial charge in [-0.05, 0) is 38.5 Å². The van der Waals surface area contributed by atoms with Gasteiger partial charge in [-0.3, -0.25) is 0 Å². The van der Waals surface area contributed by atoms with Crippen LogP contribution in [0.4, 0.5) is 5.95 Å². The Morgan fingerprint density at radius 1 is 1.08 bits per heavy atom. The fraction of sp³-hybridized carbons (Fsp3) is 0.278. The van der Waals surface area contributed by atoms with E-state index in [1.54, 1.807) is 30.7 Å². The van der Waals surface area contributed by atoms with Gasteiger partial charge in [0.1, 0.15) is 11.1 Å². The van der Waals surface area contributed by atoms with E-state index < -0.39 is 5.60 Å². The summed E-state index contributed by atoms with van der Waals surface area (Å²) >= 11 is 0. The molecule has 0 aliphatic carbocycles. The Morgan fingerprint density at radius 2 is 1.80 bits per heavy atom. The van der Waals surface area contributed by atoms with Crippen LogP contribution in [0.3, 0.4) is 0 Å². The van der Waals surface area contributed by atoms with Crippen molar-refractivity contribution in [2.75, 3.05) is 5.32 Å². The Balaban J connectivity index is 1.64. The normalized spacial score (nSPS) is 11.3. The highest BCUT2D eigenvalue weighted by Gasteiger charge is 2.17. The SMILES string of the molecule is CC(C)(C)OC(=O)c1ccc(CNc2ncc3nccnc3n2)cc1. The zero-order valence-corrected chi connectivity index (χ0v) is 14.4. The molecule has 0 fully saturated rings. The Hall–Kier alpha value is -3.09. The summed E-state index contributed by atoms with van der Waals surface area (Å²) in [6, 6.07) is 7.23. The monoisotopic (exact) mass is 337 g/mol. The third-order valence-corrected chi connectivity index (χ3v) is 3.27. The van der Waals surface area contributed by atoms with Crippen LogP contribution in [-0.2, 0) is 11.3 Å². The van der Waals surface area contributed by atoms with Crippen LogP contribution in [-0.4, -0.2) is 31.5 Å². The van der Waals surface area contributed by atoms with Gasteiger partial charge in [0.15, 0.2) is 5.65 Å². The van der Waals surface area contributed by atoms with Gasteiger partial charge < -0.3 is 10.1 Å². The minimum atomic E-state index is -0.506. The van der Waals surface area contributed by atoms with Crippen LogP contribution in [0, 0.1) is 0 Å². The lowest BCUT2D eigenvalue weighted by atomic mass is 10.1. The number of carbonyl (C=O) groups excluding carboxylic acids is 1. The molecule has 2 heterocycles. The van der Waals surface area contributed by atoms with E-state index in [-0.39, 0.29) is 5.97 Å². The number of nitrogens with one attached hydrogen (secondary N) is 1. The highest BCUT2D eigenvalue weighted by molar-refractivity contribution is 5.89. The van der Waals surface area contributed by atoms with Crippen molar-refractivity contribution in [3.05, 3.63) is 54.0 Å². The number of hydrogen-bond donors (Lipinski definition) is 1. The summed E-state index contributed by atoms with van der Waals surface area (Å²) in [6.45, 7) is 6.06. The van der Waals surface area contributed by atoms with E-state index in [4.69, 9.17) is 4.74 Å². The van der Waals surface area contributed by atoms with Crippen molar-refractivity contribution in [1.82, 2.24) is 19.9 Å². The summed E-state index contributed by atoms with van der Waals surface area (Å²) in [7, 11) is 0. The number of ether oxygens (including phenoxy) is 1. The van der Waals surface area contributed by atoms with Crippen LogP contribution in [0.1, 0.15) is 36.7 Å². The van der Waals surface area contributed by atoms with Crippen LogP contribution >= 0.6 is 0 Å². The molecule has 0 saturated heterocycles. The maximum Gasteiger partial charge on any atom is 0.338 e. The van der Waals surface area contributed by atoms with Crippen LogP contribution in [0.5, 0.6) is 0 Å². The molecule has 0 spiro atoms. The Labute approximate surface area is 145 Å². The number of carbonyl (C=O) groups is 1. The lowest BCUT2D eigenvalue weighted by molar-refractivity contribution is 0.00695. The Kier molecular flexibility index (Phi) is 4.56. The Bertz CT molecular complexity index is 888. The third-order valence-electron chi connectivity index (χ3n) is 3.27. The van der Waals surface area contributed by atoms with Crippen LogP contribution in [0.2, 0.25) is 0 Å². The molecule has 1 N–H and O–H groups in total. The van der Waals surface area contributed by atoms with Crippen LogP contribution in [0.15, 0.2) is 42.9 Å². The molecule has 1 aromatic carbocycles. The molecule has 0 aliphatic heterocycles. The maximum atomic E-state index is 12.0. The van der Waals surface area contributed by atoms with Crippen molar-refractivity contribution in [1.29, 1.82) is 0 Å². The van der Waals surface area contributed by atoms with Gasteiger partial charge in [0, 0.05) is 18.9 Å². The molecule has 3 rings (SSSR count). The third kappa shape index (κ3) is 4.47. The van der Waals surface area contributed by atoms with Crippen molar-refractivity contribution < 1.29 is 9.53 Å². The maximum absolute atomic E-state index is 12.0. The fourth-order valence-electron chi connectivity index (χ4n) is 2.13. The van der Waals surface area contributed by atoms with Gasteiger partial charge in [0.25, 0.3) is 0 Å². The first-order valence-corrected chi connectivity index (χ1v) is 7.91. The predicted octanol–water partition coefficient (Wildman–Crippen LogP) is 2.99.